The van der Waals surface area contributed by atoms with Gasteiger partial charge in [-0.15, -0.1) is 0 Å². The summed E-state index contributed by atoms with van der Waals surface area (Å²) in [6.45, 7) is 2.09. The fourth-order valence-corrected chi connectivity index (χ4v) is 4.02. The van der Waals surface area contributed by atoms with Gasteiger partial charge < -0.3 is 10.1 Å². The second-order valence-electron chi connectivity index (χ2n) is 7.13. The zero-order valence-corrected chi connectivity index (χ0v) is 18.6. The predicted octanol–water partition coefficient (Wildman–Crippen LogP) is 5.74. The number of halogens is 1. The van der Waals surface area contributed by atoms with Crippen molar-refractivity contribution in [1.82, 2.24) is 9.97 Å². The van der Waals surface area contributed by atoms with E-state index in [4.69, 9.17) is 9.72 Å². The molecule has 1 heterocycles. The van der Waals surface area contributed by atoms with Gasteiger partial charge in [-0.1, -0.05) is 24.8 Å². The van der Waals surface area contributed by atoms with Crippen LogP contribution in [-0.2, 0) is 11.2 Å². The molecule has 32 heavy (non-hydrogen) atoms. The molecule has 0 aliphatic carbocycles. The summed E-state index contributed by atoms with van der Waals surface area (Å²) in [6, 6.07) is 19.3. The Kier molecular flexibility index (Phi) is 6.66. The van der Waals surface area contributed by atoms with E-state index in [1.807, 2.05) is 12.1 Å². The van der Waals surface area contributed by atoms with Crippen molar-refractivity contribution in [2.45, 2.75) is 18.4 Å². The molecule has 0 spiro atoms. The Labute approximate surface area is 190 Å². The zero-order chi connectivity index (χ0) is 22.5. The second-order valence-corrected chi connectivity index (χ2v) is 8.09. The van der Waals surface area contributed by atoms with E-state index in [-0.39, 0.29) is 17.5 Å². The minimum absolute atomic E-state index is 0.137. The van der Waals surface area contributed by atoms with Crippen LogP contribution in [0.15, 0.2) is 71.8 Å². The summed E-state index contributed by atoms with van der Waals surface area (Å²) >= 11 is 1.35. The molecule has 1 amide bonds. The molecule has 4 aromatic rings. The van der Waals surface area contributed by atoms with E-state index < -0.39 is 0 Å². The van der Waals surface area contributed by atoms with Crippen LogP contribution in [0.5, 0.6) is 5.75 Å². The quantitative estimate of drug-likeness (QED) is 0.289. The van der Waals surface area contributed by atoms with Crippen molar-refractivity contribution in [2.75, 3.05) is 18.2 Å². The molecule has 162 valence electrons. The highest BCUT2D eigenvalue weighted by molar-refractivity contribution is 8.00. The number of fused-ring (bicyclic) bond motifs is 1. The smallest absolute Gasteiger partial charge is 0.234 e. The third-order valence-corrected chi connectivity index (χ3v) is 5.94. The first kappa shape index (κ1) is 21.8. The number of aryl methyl sites for hydroxylation is 1. The largest absolute Gasteiger partial charge is 0.497 e. The number of aromatic nitrogens is 2. The molecule has 0 aliphatic rings. The Morgan fingerprint density at radius 3 is 2.47 bits per heavy atom. The van der Waals surface area contributed by atoms with Crippen LogP contribution >= 0.6 is 11.8 Å². The maximum absolute atomic E-state index is 13.4. The molecule has 4 rings (SSSR count). The Balaban J connectivity index is 1.60. The first-order valence-corrected chi connectivity index (χ1v) is 11.2. The second kappa shape index (κ2) is 9.78. The van der Waals surface area contributed by atoms with Crippen LogP contribution in [0.3, 0.4) is 0 Å². The average Bonchev–Trinajstić information content (AvgIpc) is 2.83. The number of thioether (sulfide) groups is 1. The summed E-state index contributed by atoms with van der Waals surface area (Å²) in [4.78, 5) is 21.9. The highest BCUT2D eigenvalue weighted by Gasteiger charge is 2.13. The van der Waals surface area contributed by atoms with Gasteiger partial charge in [0.1, 0.15) is 16.6 Å². The van der Waals surface area contributed by atoms with Crippen LogP contribution in [0.25, 0.3) is 22.3 Å². The number of rotatable bonds is 7. The van der Waals surface area contributed by atoms with Crippen molar-refractivity contribution in [3.8, 4) is 17.1 Å². The fraction of sp³-hybridized carbons (Fsp3) is 0.160. The highest BCUT2D eigenvalue weighted by atomic mass is 32.2. The summed E-state index contributed by atoms with van der Waals surface area (Å²) < 4.78 is 18.5. The van der Waals surface area contributed by atoms with Crippen molar-refractivity contribution >= 4 is 34.3 Å². The average molecular weight is 448 g/mol. The van der Waals surface area contributed by atoms with E-state index in [0.717, 1.165) is 33.7 Å². The number of nitrogens with one attached hydrogen (secondary N) is 1. The summed E-state index contributed by atoms with van der Waals surface area (Å²) in [7, 11) is 1.60. The molecule has 0 aliphatic heterocycles. The van der Waals surface area contributed by atoms with Gasteiger partial charge in [0.25, 0.3) is 0 Å². The number of carbonyl (C=O) groups is 1. The first-order valence-electron chi connectivity index (χ1n) is 10.2. The molecule has 7 heteroatoms. The zero-order valence-electron chi connectivity index (χ0n) is 17.8. The maximum Gasteiger partial charge on any atom is 0.234 e. The van der Waals surface area contributed by atoms with Gasteiger partial charge in [0.15, 0.2) is 5.82 Å². The number of benzene rings is 3. The van der Waals surface area contributed by atoms with Crippen LogP contribution in [0.4, 0.5) is 10.1 Å². The Morgan fingerprint density at radius 2 is 1.78 bits per heavy atom. The number of amides is 1. The van der Waals surface area contributed by atoms with E-state index >= 15 is 0 Å². The van der Waals surface area contributed by atoms with Gasteiger partial charge in [-0.25, -0.2) is 14.4 Å². The molecule has 5 nitrogen and oxygen atoms in total. The highest BCUT2D eigenvalue weighted by Crippen LogP contribution is 2.29. The Hall–Kier alpha value is -3.45. The van der Waals surface area contributed by atoms with Crippen LogP contribution < -0.4 is 10.1 Å². The fourth-order valence-electron chi connectivity index (χ4n) is 3.21. The maximum atomic E-state index is 13.4. The van der Waals surface area contributed by atoms with Crippen LogP contribution in [0.2, 0.25) is 0 Å². The lowest BCUT2D eigenvalue weighted by Gasteiger charge is -2.10. The lowest BCUT2D eigenvalue weighted by atomic mass is 10.1. The summed E-state index contributed by atoms with van der Waals surface area (Å²) in [5.74, 6) is 0.968. The van der Waals surface area contributed by atoms with Crippen LogP contribution in [0, 0.1) is 5.82 Å². The topological polar surface area (TPSA) is 64.1 Å². The molecule has 3 aromatic carbocycles. The molecule has 0 fully saturated rings. The molecule has 0 bridgehead atoms. The normalized spacial score (nSPS) is 10.8. The van der Waals surface area contributed by atoms with E-state index in [1.54, 1.807) is 43.5 Å². The molecule has 0 saturated carbocycles. The molecule has 1 N–H and O–H groups in total. The lowest BCUT2D eigenvalue weighted by Crippen LogP contribution is -2.14. The van der Waals surface area contributed by atoms with Crippen molar-refractivity contribution in [3.63, 3.8) is 0 Å². The third-order valence-electron chi connectivity index (χ3n) is 4.95. The van der Waals surface area contributed by atoms with Gasteiger partial charge in [-0.3, -0.25) is 4.79 Å². The number of ether oxygens (including phenoxy) is 1. The van der Waals surface area contributed by atoms with Crippen LogP contribution in [0.1, 0.15) is 12.5 Å². The van der Waals surface area contributed by atoms with Crippen molar-refractivity contribution < 1.29 is 13.9 Å². The van der Waals surface area contributed by atoms with Gasteiger partial charge in [0.05, 0.1) is 18.4 Å². The minimum atomic E-state index is -0.313. The van der Waals surface area contributed by atoms with Crippen molar-refractivity contribution in [3.05, 3.63) is 78.1 Å². The van der Waals surface area contributed by atoms with Gasteiger partial charge >= 0.3 is 0 Å². The lowest BCUT2D eigenvalue weighted by molar-refractivity contribution is -0.113. The number of hydrogen-bond acceptors (Lipinski definition) is 5. The van der Waals surface area contributed by atoms with Gasteiger partial charge in [0.2, 0.25) is 5.91 Å². The molecule has 1 aromatic heterocycles. The Bertz CT molecular complexity index is 1240. The van der Waals surface area contributed by atoms with Crippen LogP contribution in [-0.4, -0.2) is 28.7 Å². The molecule has 0 radical (unpaired) electrons. The molecule has 0 unspecified atom stereocenters. The summed E-state index contributed by atoms with van der Waals surface area (Å²) in [5.41, 5.74) is 3.37. The standard InChI is InChI=1S/C25H22FN3O2S/c1-3-16-4-13-22-21(14-16)25(29-24(28-22)17-5-7-18(26)8-6-17)32-15-23(30)27-19-9-11-20(31-2)12-10-19/h4-14H,3,15H2,1-2H3,(H,27,30). The van der Waals surface area contributed by atoms with Crippen molar-refractivity contribution in [1.29, 1.82) is 0 Å². The van der Waals surface area contributed by atoms with E-state index in [0.29, 0.717) is 11.5 Å². The first-order chi connectivity index (χ1) is 15.6. The van der Waals surface area contributed by atoms with E-state index in [1.165, 1.54) is 29.5 Å². The van der Waals surface area contributed by atoms with E-state index in [9.17, 15) is 9.18 Å². The molecule has 0 saturated heterocycles. The monoisotopic (exact) mass is 447 g/mol. The third kappa shape index (κ3) is 5.06. The number of anilines is 1. The summed E-state index contributed by atoms with van der Waals surface area (Å²) in [6.07, 6.45) is 0.887. The van der Waals surface area contributed by atoms with Gasteiger partial charge in [-0.05, 0) is 72.6 Å². The molecular weight excluding hydrogens is 425 g/mol. The molecule has 0 atom stereocenters. The molecular formula is C25H22FN3O2S. The predicted molar refractivity (Wildman–Crippen MR) is 127 cm³/mol. The summed E-state index contributed by atoms with van der Waals surface area (Å²) in [5, 5.41) is 4.50. The SMILES string of the molecule is CCc1ccc2nc(-c3ccc(F)cc3)nc(SCC(=O)Nc3ccc(OC)cc3)c2c1. The van der Waals surface area contributed by atoms with Gasteiger partial charge in [0, 0.05) is 16.6 Å². The Morgan fingerprint density at radius 1 is 1.03 bits per heavy atom. The van der Waals surface area contributed by atoms with Gasteiger partial charge in [-0.2, -0.15) is 0 Å². The number of nitrogens with zero attached hydrogens (tertiary/aromatic N) is 2. The number of carbonyl (C=O) groups excluding carboxylic acids is 1. The minimum Gasteiger partial charge on any atom is -0.497 e. The van der Waals surface area contributed by atoms with E-state index in [2.05, 4.69) is 23.3 Å². The number of methoxy groups -OCH3 is 1. The number of hydrogen-bond donors (Lipinski definition) is 1. The van der Waals surface area contributed by atoms with Crippen molar-refractivity contribution in [2.24, 2.45) is 0 Å².